The Morgan fingerprint density at radius 3 is 2.60 bits per heavy atom. The molecular weight excluding hydrogens is 330 g/mol. The lowest BCUT2D eigenvalue weighted by molar-refractivity contribution is -0.115. The lowest BCUT2D eigenvalue weighted by atomic mass is 10.1. The van der Waals surface area contributed by atoms with Gasteiger partial charge in [-0.3, -0.25) is 9.78 Å². The van der Waals surface area contributed by atoms with E-state index < -0.39 is 0 Å². The van der Waals surface area contributed by atoms with Crippen LogP contribution >= 0.6 is 11.3 Å². The van der Waals surface area contributed by atoms with E-state index in [1.54, 1.807) is 17.5 Å². The summed E-state index contributed by atoms with van der Waals surface area (Å²) in [4.78, 5) is 21.1. The number of aryl methyl sites for hydroxylation is 4. The van der Waals surface area contributed by atoms with Crippen LogP contribution in [0.4, 0.5) is 5.69 Å². The maximum atomic E-state index is 12.2. The highest BCUT2D eigenvalue weighted by atomic mass is 32.1. The Hall–Kier alpha value is -2.53. The fourth-order valence-electron chi connectivity index (χ4n) is 2.74. The van der Waals surface area contributed by atoms with E-state index in [0.717, 1.165) is 46.1 Å². The molecule has 3 rings (SSSR count). The van der Waals surface area contributed by atoms with Crippen LogP contribution in [0.3, 0.4) is 0 Å². The van der Waals surface area contributed by atoms with Crippen LogP contribution in [0.2, 0.25) is 0 Å². The summed E-state index contributed by atoms with van der Waals surface area (Å²) in [5, 5.41) is 5.96. The molecule has 0 bridgehead atoms. The predicted molar refractivity (Wildman–Crippen MR) is 102 cm³/mol. The molecule has 0 saturated heterocycles. The van der Waals surface area contributed by atoms with E-state index in [-0.39, 0.29) is 5.91 Å². The van der Waals surface area contributed by atoms with Gasteiger partial charge in [-0.1, -0.05) is 12.1 Å². The molecule has 3 aromatic rings. The maximum absolute atomic E-state index is 12.2. The Bertz CT molecular complexity index is 838. The molecule has 0 radical (unpaired) electrons. The smallest absolute Gasteiger partial charge is 0.230 e. The van der Waals surface area contributed by atoms with E-state index in [4.69, 9.17) is 0 Å². The van der Waals surface area contributed by atoms with Crippen LogP contribution in [0.5, 0.6) is 0 Å². The zero-order valence-corrected chi connectivity index (χ0v) is 15.3. The van der Waals surface area contributed by atoms with Crippen molar-refractivity contribution in [2.75, 3.05) is 5.32 Å². The second-order valence-corrected chi connectivity index (χ2v) is 7.10. The summed E-state index contributed by atoms with van der Waals surface area (Å²) >= 11 is 1.60. The number of pyridine rings is 1. The van der Waals surface area contributed by atoms with Gasteiger partial charge in [0.15, 0.2) is 0 Å². The minimum absolute atomic E-state index is 0.0356. The van der Waals surface area contributed by atoms with Gasteiger partial charge in [-0.15, -0.1) is 11.3 Å². The first-order valence-electron chi connectivity index (χ1n) is 8.30. The fourth-order valence-corrected chi connectivity index (χ4v) is 3.54. The number of anilines is 1. The molecule has 5 heteroatoms. The molecule has 2 heterocycles. The second kappa shape index (κ2) is 8.03. The number of nitrogens with one attached hydrogen (secondary N) is 1. The monoisotopic (exact) mass is 351 g/mol. The number of thiazole rings is 1. The van der Waals surface area contributed by atoms with Gasteiger partial charge in [-0.25, -0.2) is 4.98 Å². The number of rotatable bonds is 6. The zero-order valence-electron chi connectivity index (χ0n) is 14.5. The Labute approximate surface area is 152 Å². The van der Waals surface area contributed by atoms with Crippen LogP contribution in [-0.2, 0) is 24.1 Å². The van der Waals surface area contributed by atoms with Gasteiger partial charge in [0.05, 0.1) is 17.1 Å². The highest BCUT2D eigenvalue weighted by Gasteiger charge is 2.09. The highest BCUT2D eigenvalue weighted by Crippen LogP contribution is 2.16. The second-order valence-electron chi connectivity index (χ2n) is 6.15. The van der Waals surface area contributed by atoms with E-state index in [2.05, 4.69) is 21.4 Å². The number of nitrogens with zero attached hydrogens (tertiary/aromatic N) is 2. The standard InChI is InChI=1S/C20H21N3OS/c1-14-9-15(2)11-17(10-14)22-19(24)12-18-13-25-20(23-18)7-6-16-5-3-4-8-21-16/h3-5,8-11,13H,6-7,12H2,1-2H3,(H,22,24). The molecule has 0 atom stereocenters. The maximum Gasteiger partial charge on any atom is 0.230 e. The van der Waals surface area contributed by atoms with E-state index in [0.29, 0.717) is 6.42 Å². The molecule has 1 N–H and O–H groups in total. The third kappa shape index (κ3) is 5.22. The molecule has 1 aromatic carbocycles. The molecule has 4 nitrogen and oxygen atoms in total. The Morgan fingerprint density at radius 2 is 1.88 bits per heavy atom. The number of amides is 1. The molecule has 1 amide bonds. The summed E-state index contributed by atoms with van der Waals surface area (Å²) in [6.07, 6.45) is 3.82. The molecule has 0 spiro atoms. The molecule has 0 aliphatic rings. The van der Waals surface area contributed by atoms with Gasteiger partial charge in [0, 0.05) is 29.4 Å². The first kappa shape index (κ1) is 17.3. The topological polar surface area (TPSA) is 54.9 Å². The van der Waals surface area contributed by atoms with Crippen molar-refractivity contribution < 1.29 is 4.79 Å². The SMILES string of the molecule is Cc1cc(C)cc(NC(=O)Cc2csc(CCc3ccccn3)n2)c1. The lowest BCUT2D eigenvalue weighted by Gasteiger charge is -2.06. The Kier molecular flexibility index (Phi) is 5.56. The van der Waals surface area contributed by atoms with Crippen LogP contribution in [0.1, 0.15) is 27.5 Å². The molecule has 2 aromatic heterocycles. The Balaban J connectivity index is 1.54. The minimum Gasteiger partial charge on any atom is -0.326 e. The van der Waals surface area contributed by atoms with Crippen LogP contribution in [0.25, 0.3) is 0 Å². The van der Waals surface area contributed by atoms with Crippen molar-refractivity contribution in [1.82, 2.24) is 9.97 Å². The van der Waals surface area contributed by atoms with Crippen LogP contribution in [0.15, 0.2) is 48.0 Å². The zero-order chi connectivity index (χ0) is 17.6. The van der Waals surface area contributed by atoms with Gasteiger partial charge in [-0.2, -0.15) is 0 Å². The minimum atomic E-state index is -0.0356. The van der Waals surface area contributed by atoms with Gasteiger partial charge in [-0.05, 0) is 55.7 Å². The summed E-state index contributed by atoms with van der Waals surface area (Å²) < 4.78 is 0. The van der Waals surface area contributed by atoms with Gasteiger partial charge in [0.1, 0.15) is 0 Å². The molecular formula is C20H21N3OS. The number of hydrogen-bond donors (Lipinski definition) is 1. The molecule has 128 valence electrons. The summed E-state index contributed by atoms with van der Waals surface area (Å²) in [6, 6.07) is 12.0. The highest BCUT2D eigenvalue weighted by molar-refractivity contribution is 7.09. The first-order chi connectivity index (χ1) is 12.1. The van der Waals surface area contributed by atoms with Crippen LogP contribution in [-0.4, -0.2) is 15.9 Å². The fraction of sp³-hybridized carbons (Fsp3) is 0.250. The molecule has 0 saturated carbocycles. The Morgan fingerprint density at radius 1 is 1.08 bits per heavy atom. The molecule has 0 aliphatic carbocycles. The van der Waals surface area contributed by atoms with Crippen LogP contribution < -0.4 is 5.32 Å². The first-order valence-corrected chi connectivity index (χ1v) is 9.18. The van der Waals surface area contributed by atoms with Crippen molar-refractivity contribution >= 4 is 22.9 Å². The number of hydrogen-bond acceptors (Lipinski definition) is 4. The third-order valence-electron chi connectivity index (χ3n) is 3.77. The number of benzene rings is 1. The van der Waals surface area contributed by atoms with Crippen molar-refractivity contribution in [3.63, 3.8) is 0 Å². The molecule has 0 aliphatic heterocycles. The van der Waals surface area contributed by atoms with E-state index in [1.165, 1.54) is 0 Å². The van der Waals surface area contributed by atoms with Crippen molar-refractivity contribution in [3.8, 4) is 0 Å². The van der Waals surface area contributed by atoms with Crippen molar-refractivity contribution in [3.05, 3.63) is 75.5 Å². The summed E-state index contributed by atoms with van der Waals surface area (Å²) in [7, 11) is 0. The van der Waals surface area contributed by atoms with Gasteiger partial charge >= 0.3 is 0 Å². The largest absolute Gasteiger partial charge is 0.326 e. The van der Waals surface area contributed by atoms with Gasteiger partial charge in [0.2, 0.25) is 5.91 Å². The molecule has 25 heavy (non-hydrogen) atoms. The van der Waals surface area contributed by atoms with Crippen molar-refractivity contribution in [2.45, 2.75) is 33.1 Å². The van der Waals surface area contributed by atoms with E-state index in [9.17, 15) is 4.79 Å². The van der Waals surface area contributed by atoms with Gasteiger partial charge < -0.3 is 5.32 Å². The average molecular weight is 351 g/mol. The predicted octanol–water partition coefficient (Wildman–Crippen LogP) is 4.12. The van der Waals surface area contributed by atoms with Gasteiger partial charge in [0.25, 0.3) is 0 Å². The third-order valence-corrected chi connectivity index (χ3v) is 4.72. The summed E-state index contributed by atoms with van der Waals surface area (Å²) in [6.45, 7) is 4.05. The lowest BCUT2D eigenvalue weighted by Crippen LogP contribution is -2.14. The summed E-state index contributed by atoms with van der Waals surface area (Å²) in [5.41, 5.74) is 5.00. The quantitative estimate of drug-likeness (QED) is 0.727. The van der Waals surface area contributed by atoms with Crippen LogP contribution in [0, 0.1) is 13.8 Å². The van der Waals surface area contributed by atoms with E-state index in [1.807, 2.05) is 49.6 Å². The number of carbonyl (C=O) groups excluding carboxylic acids is 1. The van der Waals surface area contributed by atoms with Crippen molar-refractivity contribution in [2.24, 2.45) is 0 Å². The van der Waals surface area contributed by atoms with Crippen molar-refractivity contribution in [1.29, 1.82) is 0 Å². The summed E-state index contributed by atoms with van der Waals surface area (Å²) in [5.74, 6) is -0.0356. The molecule has 0 fully saturated rings. The number of aromatic nitrogens is 2. The number of carbonyl (C=O) groups is 1. The normalized spacial score (nSPS) is 10.6. The average Bonchev–Trinajstić information content (AvgIpc) is 3.00. The van der Waals surface area contributed by atoms with E-state index >= 15 is 0 Å². The molecule has 0 unspecified atom stereocenters.